The van der Waals surface area contributed by atoms with Gasteiger partial charge in [0.15, 0.2) is 0 Å². The van der Waals surface area contributed by atoms with Crippen LogP contribution < -0.4 is 51.2 Å². The molecule has 14 aromatic rings. The third kappa shape index (κ3) is 26.2. The van der Waals surface area contributed by atoms with Crippen LogP contribution in [-0.4, -0.2) is 110 Å². The molecule has 7 aromatic heterocycles. The van der Waals surface area contributed by atoms with Crippen molar-refractivity contribution in [2.24, 2.45) is 0 Å². The van der Waals surface area contributed by atoms with Crippen LogP contribution in [0, 0.1) is 0 Å². The second-order valence-electron chi connectivity index (χ2n) is 23.9. The molecule has 2 aliphatic heterocycles. The van der Waals surface area contributed by atoms with E-state index in [1.807, 2.05) is 164 Å². The van der Waals surface area contributed by atoms with Crippen LogP contribution in [0.1, 0.15) is 11.1 Å². The number of carbonyl (C=O) groups is 2. The molecular weight excluding hydrogens is 1760 g/mol. The smallest absolute Gasteiger partial charge is 0.536 e. The number of aromatic hydroxyl groups is 1. The summed E-state index contributed by atoms with van der Waals surface area (Å²) in [4.78, 5) is 52.1. The number of pyridine rings is 7. The molecule has 2 aliphatic rings. The van der Waals surface area contributed by atoms with E-state index >= 15 is 0 Å². The number of fused-ring (bicyclic) bond motifs is 2. The van der Waals surface area contributed by atoms with Crippen LogP contribution in [0.4, 0.5) is 23.0 Å². The van der Waals surface area contributed by atoms with Crippen molar-refractivity contribution >= 4 is 142 Å². The normalized spacial score (nSPS) is 10.9. The molecule has 2 amide bonds. The van der Waals surface area contributed by atoms with Crippen LogP contribution in [0.3, 0.4) is 0 Å². The number of halogens is 6. The van der Waals surface area contributed by atoms with Crippen LogP contribution in [0.5, 0.6) is 34.5 Å². The third-order valence-electron chi connectivity index (χ3n) is 16.3. The number of nitrogens with zero attached hydrogens (tertiary/aromatic N) is 7. The van der Waals surface area contributed by atoms with Crippen molar-refractivity contribution in [2.75, 3.05) is 50.5 Å². The summed E-state index contributed by atoms with van der Waals surface area (Å²) in [7, 11) is 5.58. The summed E-state index contributed by atoms with van der Waals surface area (Å²) in [5.74, 6) is 4.64. The predicted molar refractivity (Wildman–Crippen MR) is 469 cm³/mol. The number of carbonyl (C=O) groups excluding carboxylic acids is 2. The van der Waals surface area contributed by atoms with Gasteiger partial charge < -0.3 is 65.9 Å². The molecule has 0 bridgehead atoms. The Morgan fingerprint density at radius 3 is 1.17 bits per heavy atom. The lowest BCUT2D eigenvalue weighted by Gasteiger charge is -2.10. The van der Waals surface area contributed by atoms with Gasteiger partial charge in [-0.3, -0.25) is 29.5 Å². The molecule has 10 N–H and O–H groups in total. The average molecular weight is 1840 g/mol. The van der Waals surface area contributed by atoms with Crippen molar-refractivity contribution in [3.05, 3.63) is 319 Å². The highest BCUT2D eigenvalue weighted by Gasteiger charge is 2.23. The van der Waals surface area contributed by atoms with Gasteiger partial charge in [-0.15, -0.1) is 0 Å². The summed E-state index contributed by atoms with van der Waals surface area (Å²) in [5.41, 5.74) is 24.6. The Kier molecular flexibility index (Phi) is 34.0. The number of benzene rings is 7. The molecule has 0 spiro atoms. The number of aromatic nitrogens is 7. The van der Waals surface area contributed by atoms with Gasteiger partial charge in [-0.25, -0.2) is 15.0 Å². The molecule has 581 valence electrons. The summed E-state index contributed by atoms with van der Waals surface area (Å²) in [6.45, 7) is 0. The minimum absolute atomic E-state index is 0.00661. The monoisotopic (exact) mass is 1830 g/mol. The summed E-state index contributed by atoms with van der Waals surface area (Å²) < 4.78 is 29.4. The molecule has 9 heterocycles. The summed E-state index contributed by atoms with van der Waals surface area (Å²) in [6.07, 6.45) is 12.6. The van der Waals surface area contributed by atoms with Gasteiger partial charge in [0, 0.05) is 112 Å². The second kappa shape index (κ2) is 44.8. The van der Waals surface area contributed by atoms with Crippen molar-refractivity contribution in [1.29, 1.82) is 0 Å². The van der Waals surface area contributed by atoms with E-state index in [0.717, 1.165) is 114 Å². The van der Waals surface area contributed by atoms with Gasteiger partial charge in [0.2, 0.25) is 11.8 Å². The number of ether oxygens (including phenoxy) is 4. The Hall–Kier alpha value is -11.6. The SMILES string of the molecule is Brc1ccc(Br)nc1.COc1ccccc1-c1ccc(-c2cc3c(cc2Cl)NC(=O)C3)cn1.COc1ccccc1-c1ccc(Br)cn1.COc1ccccc1-c1ccc(O[B]O)cn1.COc1ccccc1B(O)O.Nc1ccc(Br)cn1.Nc1ccccn1.O=C1Cc2cc(-c3ccc(-c4ccccc4O)nc3)c(Cl)cc2N1. The molecule has 115 heavy (non-hydrogen) atoms. The zero-order valence-corrected chi connectivity index (χ0v) is 69.7. The van der Waals surface area contributed by atoms with Crippen LogP contribution in [0.2, 0.25) is 10.0 Å². The van der Waals surface area contributed by atoms with Crippen LogP contribution in [-0.2, 0) is 22.4 Å². The number of amides is 2. The van der Waals surface area contributed by atoms with E-state index in [0.29, 0.717) is 70.4 Å². The number of nitrogen functional groups attached to an aromatic ring is 2. The highest BCUT2D eigenvalue weighted by Crippen LogP contribution is 2.39. The zero-order valence-electron chi connectivity index (χ0n) is 61.8. The van der Waals surface area contributed by atoms with Crippen molar-refractivity contribution in [1.82, 2.24) is 34.9 Å². The first-order chi connectivity index (χ1) is 55.6. The van der Waals surface area contributed by atoms with Crippen molar-refractivity contribution in [3.8, 4) is 102 Å². The molecule has 7 aromatic carbocycles. The van der Waals surface area contributed by atoms with Gasteiger partial charge in [-0.05, 0) is 227 Å². The molecular formula is C85H72B2Br4Cl2N11O11. The van der Waals surface area contributed by atoms with Gasteiger partial charge in [-0.1, -0.05) is 108 Å². The van der Waals surface area contributed by atoms with Crippen LogP contribution >= 0.6 is 86.9 Å². The lowest BCUT2D eigenvalue weighted by Crippen LogP contribution is -2.30. The van der Waals surface area contributed by atoms with Crippen LogP contribution in [0.25, 0.3) is 67.3 Å². The van der Waals surface area contributed by atoms with Crippen LogP contribution in [0.15, 0.2) is 298 Å². The maximum atomic E-state index is 11.5. The average Bonchev–Trinajstić information content (AvgIpc) is 1.71. The van der Waals surface area contributed by atoms with Crippen molar-refractivity contribution in [2.45, 2.75) is 12.8 Å². The number of rotatable bonds is 13. The Balaban J connectivity index is 0.000000156. The lowest BCUT2D eigenvalue weighted by atomic mass is 9.80. The standard InChI is InChI=1S/C20H15ClN2O2.C19H13ClN2O2.C12H11BNO3.C12H10BrNO.C7H9BO3.C5H3Br2N.C5H5BrN2.C5H6N2/c1-25-19-5-3-2-4-14(19)17-7-6-12(11-22-17)15-8-13-9-20(24)23-18(13)10-16(15)21;20-15-9-17-12(8-19(24)22-17)7-14(15)11-5-6-16(21-10-11)13-3-1-2-4-18(13)23;1-16-12-5-3-2-4-10(12)11-7-6-9(8-14-11)17-13-15;1-15-12-5-3-2-4-10(12)11-7-6-9(13)8-14-11;1-11-7-5-3-2-4-6(7)8(9)10;2*6-4-1-2-5(7)8-3-4;6-5-3-1-2-4-7-5/h2-8,10-11H,9H2,1H3,(H,23,24);1-7,9-10,23H,8H2,(H,22,24);2-8,15H,1H3;2-8H,1H3;2-5,9-10H,1H3;1-3H;1-3H,(H2,7,8);1-4H,(H2,6,7). The van der Waals surface area contributed by atoms with Crippen molar-refractivity contribution in [3.63, 3.8) is 0 Å². The number of nitrogens with one attached hydrogen (secondary N) is 2. The van der Waals surface area contributed by atoms with E-state index in [2.05, 4.69) is 109 Å². The highest BCUT2D eigenvalue weighted by atomic mass is 79.9. The van der Waals surface area contributed by atoms with E-state index in [9.17, 15) is 14.7 Å². The fourth-order valence-electron chi connectivity index (χ4n) is 10.8. The fourth-order valence-corrected chi connectivity index (χ4v) is 12.3. The van der Waals surface area contributed by atoms with Gasteiger partial charge >= 0.3 is 14.8 Å². The topological polar surface area (TPSA) is 328 Å². The second-order valence-corrected chi connectivity index (χ2v) is 28.3. The highest BCUT2D eigenvalue weighted by molar-refractivity contribution is 9.11. The molecule has 1 radical (unpaired) electrons. The first kappa shape index (κ1) is 87.4. The molecule has 0 aliphatic carbocycles. The molecule has 0 saturated carbocycles. The Morgan fingerprint density at radius 1 is 0.417 bits per heavy atom. The number of phenols is 1. The Labute approximate surface area is 709 Å². The number of hydrogen-bond donors (Lipinski definition) is 8. The maximum absolute atomic E-state index is 11.5. The molecule has 0 saturated heterocycles. The van der Waals surface area contributed by atoms with Gasteiger partial charge in [0.1, 0.15) is 50.7 Å². The predicted octanol–water partition coefficient (Wildman–Crippen LogP) is 18.1. The van der Waals surface area contributed by atoms with Gasteiger partial charge in [-0.2, -0.15) is 0 Å². The first-order valence-electron chi connectivity index (χ1n) is 34.5. The maximum Gasteiger partial charge on any atom is 0.569 e. The number of phenolic OH excluding ortho intramolecular Hbond substituents is 1. The Morgan fingerprint density at radius 2 is 0.817 bits per heavy atom. The largest absolute Gasteiger partial charge is 0.569 e. The quantitative estimate of drug-likeness (QED) is 0.0393. The van der Waals surface area contributed by atoms with E-state index in [1.165, 1.54) is 13.3 Å². The number of anilines is 4. The fraction of sp³-hybridized carbons (Fsp3) is 0.0706. The van der Waals surface area contributed by atoms with E-state index in [1.54, 1.807) is 131 Å². The van der Waals surface area contributed by atoms with E-state index in [4.69, 9.17) is 73.3 Å². The summed E-state index contributed by atoms with van der Waals surface area (Å²) >= 11 is 25.8. The van der Waals surface area contributed by atoms with E-state index < -0.39 is 7.12 Å². The molecule has 0 unspecified atom stereocenters. The summed E-state index contributed by atoms with van der Waals surface area (Å²) in [6, 6.07) is 72.5. The van der Waals surface area contributed by atoms with E-state index in [-0.39, 0.29) is 17.6 Å². The zero-order chi connectivity index (χ0) is 82.2. The summed E-state index contributed by atoms with van der Waals surface area (Å²) in [5, 5.41) is 42.8. The Bertz CT molecular complexity index is 5400. The molecule has 0 fully saturated rings. The number of hydrogen-bond acceptors (Lipinski definition) is 20. The number of nitrogens with two attached hydrogens (primary N) is 2. The molecule has 0 atom stereocenters. The van der Waals surface area contributed by atoms with Gasteiger partial charge in [0.25, 0.3) is 0 Å². The molecule has 30 heteroatoms. The van der Waals surface area contributed by atoms with Gasteiger partial charge in [0.05, 0.1) is 80.3 Å². The molecule has 16 rings (SSSR count). The minimum Gasteiger partial charge on any atom is -0.536 e. The number of methoxy groups -OCH3 is 4. The minimum atomic E-state index is -1.47. The lowest BCUT2D eigenvalue weighted by molar-refractivity contribution is -0.115. The number of para-hydroxylation sites is 5. The molecule has 22 nitrogen and oxygen atoms in total. The first-order valence-corrected chi connectivity index (χ1v) is 38.4. The van der Waals surface area contributed by atoms with Crippen molar-refractivity contribution < 1.29 is 53.4 Å². The third-order valence-corrected chi connectivity index (χ3v) is 18.8.